The fourth-order valence-electron chi connectivity index (χ4n) is 1.25. The molecular weight excluding hydrogens is 166 g/mol. The van der Waals surface area contributed by atoms with Gasteiger partial charge in [0.2, 0.25) is 0 Å². The average Bonchev–Trinajstić information content (AvgIpc) is 2.52. The van der Waals surface area contributed by atoms with E-state index >= 15 is 0 Å². The summed E-state index contributed by atoms with van der Waals surface area (Å²) in [6, 6.07) is 0.366. The summed E-state index contributed by atoms with van der Waals surface area (Å²) in [6.07, 6.45) is 3.50. The highest BCUT2D eigenvalue weighted by atomic mass is 16.3. The lowest BCUT2D eigenvalue weighted by molar-refractivity contribution is 0.194. The van der Waals surface area contributed by atoms with Crippen molar-refractivity contribution < 1.29 is 5.11 Å². The number of hydrogen-bond donors (Lipinski definition) is 1. The van der Waals surface area contributed by atoms with Crippen molar-refractivity contribution in [2.75, 3.05) is 0 Å². The van der Waals surface area contributed by atoms with Crippen LogP contribution in [0.4, 0.5) is 0 Å². The molecule has 1 aromatic heterocycles. The molecule has 0 aliphatic heterocycles. The molecule has 0 radical (unpaired) electrons. The lowest BCUT2D eigenvalue weighted by atomic mass is 10.2. The van der Waals surface area contributed by atoms with Crippen molar-refractivity contribution in [2.45, 2.75) is 45.8 Å². The zero-order valence-corrected chi connectivity index (χ0v) is 8.44. The third kappa shape index (κ3) is 2.52. The molecule has 0 aliphatic rings. The summed E-state index contributed by atoms with van der Waals surface area (Å²) in [6.45, 7) is 5.94. The first-order valence-corrected chi connectivity index (χ1v) is 4.75. The van der Waals surface area contributed by atoms with Crippen molar-refractivity contribution in [3.63, 3.8) is 0 Å². The quantitative estimate of drug-likeness (QED) is 0.772. The summed E-state index contributed by atoms with van der Waals surface area (Å²) >= 11 is 0. The molecule has 0 amide bonds. The lowest BCUT2D eigenvalue weighted by Crippen LogP contribution is -2.05. The third-order valence-corrected chi connectivity index (χ3v) is 2.11. The zero-order chi connectivity index (χ0) is 9.84. The second kappa shape index (κ2) is 4.37. The number of hydrogen-bond acceptors (Lipinski definition) is 3. The molecule has 0 spiro atoms. The minimum atomic E-state index is -0.525. The molecule has 4 nitrogen and oxygen atoms in total. The van der Waals surface area contributed by atoms with Crippen LogP contribution in [0.5, 0.6) is 0 Å². The van der Waals surface area contributed by atoms with Crippen LogP contribution in [0.2, 0.25) is 0 Å². The van der Waals surface area contributed by atoms with E-state index in [1.165, 1.54) is 0 Å². The number of nitrogens with zero attached hydrogens (tertiary/aromatic N) is 3. The Bertz CT molecular complexity index is 257. The van der Waals surface area contributed by atoms with Gasteiger partial charge in [0.15, 0.2) is 0 Å². The molecule has 0 bridgehead atoms. The van der Waals surface area contributed by atoms with Crippen LogP contribution in [0.1, 0.15) is 51.5 Å². The van der Waals surface area contributed by atoms with Gasteiger partial charge in [-0.3, -0.25) is 0 Å². The average molecular weight is 183 g/mol. The van der Waals surface area contributed by atoms with E-state index in [0.717, 1.165) is 12.8 Å². The molecule has 74 valence electrons. The van der Waals surface area contributed by atoms with E-state index in [-0.39, 0.29) is 0 Å². The van der Waals surface area contributed by atoms with Crippen LogP contribution in [0.3, 0.4) is 0 Å². The Labute approximate surface area is 78.6 Å². The van der Waals surface area contributed by atoms with Crippen molar-refractivity contribution in [3.8, 4) is 0 Å². The molecule has 1 aromatic rings. The molecule has 0 saturated carbocycles. The smallest absolute Gasteiger partial charge is 0.111 e. The largest absolute Gasteiger partial charge is 0.387 e. The van der Waals surface area contributed by atoms with Gasteiger partial charge >= 0.3 is 0 Å². The van der Waals surface area contributed by atoms with E-state index in [9.17, 15) is 5.11 Å². The van der Waals surface area contributed by atoms with Gasteiger partial charge < -0.3 is 5.11 Å². The van der Waals surface area contributed by atoms with Crippen LogP contribution >= 0.6 is 0 Å². The predicted octanol–water partition coefficient (Wildman–Crippen LogP) is 1.69. The van der Waals surface area contributed by atoms with Gasteiger partial charge in [-0.25, -0.2) is 4.68 Å². The SMILES string of the molecule is CCCC(C)n1cc(C(C)O)nn1. The van der Waals surface area contributed by atoms with Crippen LogP contribution in [0.25, 0.3) is 0 Å². The van der Waals surface area contributed by atoms with E-state index in [0.29, 0.717) is 11.7 Å². The summed E-state index contributed by atoms with van der Waals surface area (Å²) in [5, 5.41) is 17.1. The monoisotopic (exact) mass is 183 g/mol. The van der Waals surface area contributed by atoms with Crippen LogP contribution in [-0.2, 0) is 0 Å². The summed E-state index contributed by atoms with van der Waals surface area (Å²) in [7, 11) is 0. The fraction of sp³-hybridized carbons (Fsp3) is 0.778. The Kier molecular flexibility index (Phi) is 3.42. The van der Waals surface area contributed by atoms with Crippen molar-refractivity contribution in [2.24, 2.45) is 0 Å². The van der Waals surface area contributed by atoms with E-state index < -0.39 is 6.10 Å². The normalized spacial score (nSPS) is 15.7. The maximum atomic E-state index is 9.23. The number of aliphatic hydroxyl groups is 1. The van der Waals surface area contributed by atoms with Gasteiger partial charge in [0, 0.05) is 0 Å². The van der Waals surface area contributed by atoms with Gasteiger partial charge in [-0.2, -0.15) is 0 Å². The first-order valence-electron chi connectivity index (χ1n) is 4.75. The third-order valence-electron chi connectivity index (χ3n) is 2.11. The highest BCUT2D eigenvalue weighted by Crippen LogP contribution is 2.14. The molecule has 13 heavy (non-hydrogen) atoms. The van der Waals surface area contributed by atoms with E-state index in [1.54, 1.807) is 6.92 Å². The summed E-state index contributed by atoms with van der Waals surface area (Å²) in [5.74, 6) is 0. The summed E-state index contributed by atoms with van der Waals surface area (Å²) in [5.41, 5.74) is 0.642. The second-order valence-corrected chi connectivity index (χ2v) is 3.44. The highest BCUT2D eigenvalue weighted by Gasteiger charge is 2.09. The van der Waals surface area contributed by atoms with Crippen molar-refractivity contribution in [1.82, 2.24) is 15.0 Å². The minimum Gasteiger partial charge on any atom is -0.387 e. The standard InChI is InChI=1S/C9H17N3O/c1-4-5-7(2)12-6-9(8(3)13)10-11-12/h6-8,13H,4-5H2,1-3H3. The number of aliphatic hydroxyl groups excluding tert-OH is 1. The molecular formula is C9H17N3O. The molecule has 0 saturated heterocycles. The maximum Gasteiger partial charge on any atom is 0.111 e. The predicted molar refractivity (Wildman–Crippen MR) is 50.3 cm³/mol. The van der Waals surface area contributed by atoms with Crippen LogP contribution < -0.4 is 0 Å². The second-order valence-electron chi connectivity index (χ2n) is 3.44. The van der Waals surface area contributed by atoms with Gasteiger partial charge in [-0.1, -0.05) is 18.6 Å². The Morgan fingerprint density at radius 1 is 1.54 bits per heavy atom. The van der Waals surface area contributed by atoms with Crippen molar-refractivity contribution in [3.05, 3.63) is 11.9 Å². The van der Waals surface area contributed by atoms with Crippen molar-refractivity contribution >= 4 is 0 Å². The molecule has 0 aromatic carbocycles. The van der Waals surface area contributed by atoms with Gasteiger partial charge in [0.05, 0.1) is 18.3 Å². The highest BCUT2D eigenvalue weighted by molar-refractivity contribution is 4.96. The lowest BCUT2D eigenvalue weighted by Gasteiger charge is -2.08. The minimum absolute atomic E-state index is 0.366. The van der Waals surface area contributed by atoms with E-state index in [1.807, 2.05) is 10.9 Å². The number of aromatic nitrogens is 3. The molecule has 1 N–H and O–H groups in total. The van der Waals surface area contributed by atoms with Gasteiger partial charge in [-0.05, 0) is 20.3 Å². The summed E-state index contributed by atoms with van der Waals surface area (Å²) in [4.78, 5) is 0. The first-order chi connectivity index (χ1) is 6.15. The van der Waals surface area contributed by atoms with Crippen LogP contribution in [-0.4, -0.2) is 20.1 Å². The molecule has 0 fully saturated rings. The zero-order valence-electron chi connectivity index (χ0n) is 8.44. The molecule has 4 heteroatoms. The molecule has 2 unspecified atom stereocenters. The Morgan fingerprint density at radius 3 is 2.69 bits per heavy atom. The van der Waals surface area contributed by atoms with E-state index in [2.05, 4.69) is 24.2 Å². The van der Waals surface area contributed by atoms with Gasteiger partial charge in [0.1, 0.15) is 5.69 Å². The molecule has 2 atom stereocenters. The van der Waals surface area contributed by atoms with Crippen LogP contribution in [0.15, 0.2) is 6.20 Å². The molecule has 1 rings (SSSR count). The van der Waals surface area contributed by atoms with Gasteiger partial charge in [-0.15, -0.1) is 5.10 Å². The maximum absolute atomic E-state index is 9.23. The van der Waals surface area contributed by atoms with Crippen LogP contribution in [0, 0.1) is 0 Å². The first kappa shape index (κ1) is 10.2. The van der Waals surface area contributed by atoms with Gasteiger partial charge in [0.25, 0.3) is 0 Å². The number of rotatable bonds is 4. The Balaban J connectivity index is 2.67. The van der Waals surface area contributed by atoms with E-state index in [4.69, 9.17) is 0 Å². The fourth-order valence-corrected chi connectivity index (χ4v) is 1.25. The molecule has 1 heterocycles. The molecule has 0 aliphatic carbocycles. The Morgan fingerprint density at radius 2 is 2.23 bits per heavy atom. The van der Waals surface area contributed by atoms with Crippen molar-refractivity contribution in [1.29, 1.82) is 0 Å². The Hall–Kier alpha value is -0.900. The summed E-state index contributed by atoms with van der Waals surface area (Å²) < 4.78 is 1.81. The topological polar surface area (TPSA) is 50.9 Å².